The first-order valence-corrected chi connectivity index (χ1v) is 20.1. The molecule has 0 saturated heterocycles. The number of phenols is 1. The summed E-state index contributed by atoms with van der Waals surface area (Å²) in [4.78, 5) is 29.8. The van der Waals surface area contributed by atoms with Crippen molar-refractivity contribution in [1.29, 1.82) is 0 Å². The molecule has 0 bridgehead atoms. The van der Waals surface area contributed by atoms with Crippen LogP contribution in [0.25, 0.3) is 22.5 Å². The Morgan fingerprint density at radius 3 is 1.62 bits per heavy atom. The summed E-state index contributed by atoms with van der Waals surface area (Å²) in [6, 6.07) is 29.2. The van der Waals surface area contributed by atoms with Gasteiger partial charge in [0, 0.05) is 63.5 Å². The molecule has 6 aromatic rings. The molecule has 3 N–H and O–H groups in total. The van der Waals surface area contributed by atoms with E-state index in [9.17, 15) is 9.90 Å². The van der Waals surface area contributed by atoms with Gasteiger partial charge in [-0.25, -0.2) is 0 Å². The van der Waals surface area contributed by atoms with Crippen LogP contribution < -0.4 is 24.8 Å². The van der Waals surface area contributed by atoms with E-state index >= 15 is 0 Å². The lowest BCUT2D eigenvalue weighted by Gasteiger charge is -2.25. The summed E-state index contributed by atoms with van der Waals surface area (Å²) in [6.45, 7) is 4.63. The minimum absolute atomic E-state index is 0.0218. The molecule has 2 heterocycles. The molecule has 12 nitrogen and oxygen atoms in total. The molecule has 0 atom stereocenters. The van der Waals surface area contributed by atoms with Gasteiger partial charge in [0.2, 0.25) is 5.78 Å². The maximum absolute atomic E-state index is 12.3. The standard InChI is InChI=1S/C25H27Cl2N3O4.C19H17Cl2N3O2/c1-25(2,22(31)15-32-3)34-19-7-5-6-17(12-19)21-14-23(30-24(29-21)33-4)28-11-10-16-8-9-18(26)13-20(16)27;1-26-19-23-17(13-3-2-4-15(25)9-13)11-18(24-19)22-8-7-12-5-6-14(20)10-16(12)21/h5-9,12-14H,10-11,15H2,1-4H3,(H,28,29,30);2-6,9-11,25H,7-8H2,1H3,(H,22,23,24). The van der Waals surface area contributed by atoms with Gasteiger partial charge >= 0.3 is 12.0 Å². The number of methoxy groups -OCH3 is 3. The number of hydrogen-bond acceptors (Lipinski definition) is 12. The van der Waals surface area contributed by atoms with E-state index in [1.807, 2.05) is 54.6 Å². The Kier molecular flexibility index (Phi) is 16.6. The summed E-state index contributed by atoms with van der Waals surface area (Å²) in [5.41, 5.74) is 3.80. The highest BCUT2D eigenvalue weighted by Gasteiger charge is 2.29. The molecule has 0 amide bonds. The number of carbonyl (C=O) groups is 1. The first kappa shape index (κ1) is 45.7. The molecule has 0 aliphatic rings. The summed E-state index contributed by atoms with van der Waals surface area (Å²) in [5.74, 6) is 1.79. The van der Waals surface area contributed by atoms with Crippen LogP contribution in [0.2, 0.25) is 20.1 Å². The van der Waals surface area contributed by atoms with E-state index in [1.54, 1.807) is 56.3 Å². The van der Waals surface area contributed by atoms with E-state index in [0.717, 1.165) is 22.3 Å². The van der Waals surface area contributed by atoms with Gasteiger partial charge in [0.1, 0.15) is 29.7 Å². The van der Waals surface area contributed by atoms with E-state index in [4.69, 9.17) is 65.4 Å². The summed E-state index contributed by atoms with van der Waals surface area (Å²) in [5, 5.41) is 18.7. The monoisotopic (exact) mass is 892 g/mol. The summed E-state index contributed by atoms with van der Waals surface area (Å²) in [7, 11) is 4.51. The lowest BCUT2D eigenvalue weighted by Crippen LogP contribution is -2.40. The number of aromatic nitrogens is 4. The maximum atomic E-state index is 12.3. The second kappa shape index (κ2) is 21.8. The Balaban J connectivity index is 0.000000236. The number of hydrogen-bond donors (Lipinski definition) is 3. The van der Waals surface area contributed by atoms with Crippen LogP contribution in [0, 0.1) is 0 Å². The zero-order valence-corrected chi connectivity index (χ0v) is 36.6. The quantitative estimate of drug-likeness (QED) is 0.0800. The number of halogens is 4. The molecule has 16 heteroatoms. The molecule has 0 aliphatic heterocycles. The number of ether oxygens (including phenoxy) is 4. The summed E-state index contributed by atoms with van der Waals surface area (Å²) < 4.78 is 21.4. The molecule has 6 rings (SSSR count). The highest BCUT2D eigenvalue weighted by Crippen LogP contribution is 2.29. The van der Waals surface area contributed by atoms with E-state index in [-0.39, 0.29) is 30.2 Å². The average molecular weight is 895 g/mol. The highest BCUT2D eigenvalue weighted by molar-refractivity contribution is 6.35. The van der Waals surface area contributed by atoms with Crippen molar-refractivity contribution in [3.8, 4) is 46.0 Å². The van der Waals surface area contributed by atoms with Crippen molar-refractivity contribution >= 4 is 63.8 Å². The lowest BCUT2D eigenvalue weighted by molar-refractivity contribution is -0.135. The molecule has 314 valence electrons. The van der Waals surface area contributed by atoms with Crippen LogP contribution in [-0.2, 0) is 22.4 Å². The van der Waals surface area contributed by atoms with Crippen LogP contribution in [0.5, 0.6) is 23.5 Å². The molecule has 0 unspecified atom stereocenters. The summed E-state index contributed by atoms with van der Waals surface area (Å²) >= 11 is 24.3. The average Bonchev–Trinajstić information content (AvgIpc) is 3.22. The van der Waals surface area contributed by atoms with Crippen molar-refractivity contribution < 1.29 is 28.8 Å². The first-order chi connectivity index (χ1) is 28.8. The van der Waals surface area contributed by atoms with Crippen molar-refractivity contribution in [3.05, 3.63) is 128 Å². The van der Waals surface area contributed by atoms with Crippen LogP contribution in [-0.4, -0.2) is 77.5 Å². The predicted molar refractivity (Wildman–Crippen MR) is 239 cm³/mol. The van der Waals surface area contributed by atoms with Crippen LogP contribution in [0.3, 0.4) is 0 Å². The Morgan fingerprint density at radius 2 is 1.15 bits per heavy atom. The zero-order chi connectivity index (χ0) is 43.2. The topological polar surface area (TPSA) is 150 Å². The van der Waals surface area contributed by atoms with E-state index in [1.165, 1.54) is 21.3 Å². The van der Waals surface area contributed by atoms with Gasteiger partial charge in [-0.2, -0.15) is 19.9 Å². The third-order valence-corrected chi connectivity index (χ3v) is 9.97. The molecule has 0 aliphatic carbocycles. The van der Waals surface area contributed by atoms with Gasteiger partial charge in [0.05, 0.1) is 25.6 Å². The van der Waals surface area contributed by atoms with Crippen molar-refractivity contribution in [2.75, 3.05) is 51.7 Å². The molecule has 60 heavy (non-hydrogen) atoms. The van der Waals surface area contributed by atoms with Gasteiger partial charge in [-0.3, -0.25) is 4.79 Å². The second-order valence-electron chi connectivity index (χ2n) is 13.6. The molecule has 2 aromatic heterocycles. The van der Waals surface area contributed by atoms with Crippen LogP contribution in [0.4, 0.5) is 11.6 Å². The maximum Gasteiger partial charge on any atom is 0.318 e. The highest BCUT2D eigenvalue weighted by atomic mass is 35.5. The number of Topliss-reactive ketones (excluding diaryl/α,β-unsaturated/α-hetero) is 1. The molecule has 0 spiro atoms. The Labute approximate surface area is 369 Å². The number of rotatable bonds is 17. The van der Waals surface area contributed by atoms with E-state index in [0.29, 0.717) is 74.8 Å². The molecule has 0 radical (unpaired) electrons. The van der Waals surface area contributed by atoms with Gasteiger partial charge in [0.25, 0.3) is 0 Å². The minimum Gasteiger partial charge on any atom is -0.508 e. The number of ketones is 1. The Morgan fingerprint density at radius 1 is 0.650 bits per heavy atom. The van der Waals surface area contributed by atoms with Crippen LogP contribution >= 0.6 is 46.4 Å². The van der Waals surface area contributed by atoms with Crippen molar-refractivity contribution in [3.63, 3.8) is 0 Å². The number of anilines is 2. The van der Waals surface area contributed by atoms with Crippen LogP contribution in [0.15, 0.2) is 97.1 Å². The Hall–Kier alpha value is -5.37. The van der Waals surface area contributed by atoms with Crippen LogP contribution in [0.1, 0.15) is 25.0 Å². The fraction of sp³-hybridized carbons (Fsp3) is 0.250. The van der Waals surface area contributed by atoms with Crippen molar-refractivity contribution in [2.45, 2.75) is 32.3 Å². The number of nitrogens with zero attached hydrogens (tertiary/aromatic N) is 4. The number of aromatic hydroxyl groups is 1. The number of carbonyl (C=O) groups excluding carboxylic acids is 1. The number of phenolic OH excluding ortho intramolecular Hbond substituents is 1. The largest absolute Gasteiger partial charge is 0.508 e. The number of nitrogens with one attached hydrogen (secondary N) is 2. The van der Waals surface area contributed by atoms with Gasteiger partial charge < -0.3 is 34.7 Å². The molecule has 0 saturated carbocycles. The Bertz CT molecular complexity index is 2400. The SMILES string of the molecule is COCC(=O)C(C)(C)Oc1cccc(-c2cc(NCCc3ccc(Cl)cc3Cl)nc(OC)n2)c1.COc1nc(NCCc2ccc(Cl)cc2Cl)cc(-c2cccc(O)c2)n1. The van der Waals surface area contributed by atoms with Gasteiger partial charge in [-0.05, 0) is 86.3 Å². The minimum atomic E-state index is -1.03. The van der Waals surface area contributed by atoms with Gasteiger partial charge in [-0.15, -0.1) is 0 Å². The zero-order valence-electron chi connectivity index (χ0n) is 33.6. The first-order valence-electron chi connectivity index (χ1n) is 18.6. The third-order valence-electron chi connectivity index (χ3n) is 8.80. The van der Waals surface area contributed by atoms with Gasteiger partial charge in [0.15, 0.2) is 5.60 Å². The van der Waals surface area contributed by atoms with E-state index in [2.05, 4.69) is 30.6 Å². The fourth-order valence-electron chi connectivity index (χ4n) is 5.65. The molecule has 0 fully saturated rings. The molecular weight excluding hydrogens is 850 g/mol. The smallest absolute Gasteiger partial charge is 0.318 e. The van der Waals surface area contributed by atoms with Crippen molar-refractivity contribution in [2.24, 2.45) is 0 Å². The lowest BCUT2D eigenvalue weighted by atomic mass is 10.0. The summed E-state index contributed by atoms with van der Waals surface area (Å²) in [6.07, 6.45) is 1.40. The molecule has 4 aromatic carbocycles. The molecular formula is C44H44Cl4N6O6. The normalized spacial score (nSPS) is 10.9. The van der Waals surface area contributed by atoms with Gasteiger partial charge in [-0.1, -0.05) is 82.8 Å². The fourth-order valence-corrected chi connectivity index (χ4v) is 6.66. The second-order valence-corrected chi connectivity index (χ2v) is 15.3. The van der Waals surface area contributed by atoms with Crippen molar-refractivity contribution in [1.82, 2.24) is 19.9 Å². The predicted octanol–water partition coefficient (Wildman–Crippen LogP) is 10.3. The third kappa shape index (κ3) is 13.3. The number of benzene rings is 4. The van der Waals surface area contributed by atoms with E-state index < -0.39 is 5.60 Å².